The third-order valence-corrected chi connectivity index (χ3v) is 6.13. The molecule has 1 aliphatic heterocycles. The number of rotatable bonds is 5. The molecule has 2 aromatic carbocycles. The second kappa shape index (κ2) is 8.40. The normalized spacial score (nSPS) is 15.7. The fourth-order valence-corrected chi connectivity index (χ4v) is 4.04. The van der Waals surface area contributed by atoms with Crippen molar-refractivity contribution in [3.63, 3.8) is 0 Å². The highest BCUT2D eigenvalue weighted by atomic mass is 35.5. The third-order valence-electron chi connectivity index (χ3n) is 4.90. The summed E-state index contributed by atoms with van der Waals surface area (Å²) >= 11 is 5.98. The Morgan fingerprint density at radius 2 is 1.85 bits per heavy atom. The van der Waals surface area contributed by atoms with Crippen molar-refractivity contribution in [1.29, 1.82) is 0 Å². The molecule has 1 atom stereocenters. The maximum Gasteiger partial charge on any atom is 0.534 e. The number of alkyl halides is 3. The SMILES string of the molecule is Cc1nnc2n1-c1ccc(OS(=O)(=O)C(F)(F)F)cc1C(c1ccc(Cl)cc1)=NC2CC(N)=O. The van der Waals surface area contributed by atoms with E-state index in [1.807, 2.05) is 0 Å². The van der Waals surface area contributed by atoms with Crippen molar-refractivity contribution in [3.8, 4) is 11.4 Å². The van der Waals surface area contributed by atoms with Gasteiger partial charge in [-0.25, -0.2) is 0 Å². The number of aromatic nitrogens is 3. The number of amides is 1. The Morgan fingerprint density at radius 3 is 2.47 bits per heavy atom. The van der Waals surface area contributed by atoms with Crippen molar-refractivity contribution in [2.45, 2.75) is 24.9 Å². The van der Waals surface area contributed by atoms with Crippen LogP contribution in [-0.2, 0) is 14.9 Å². The van der Waals surface area contributed by atoms with Gasteiger partial charge in [-0.3, -0.25) is 14.4 Å². The summed E-state index contributed by atoms with van der Waals surface area (Å²) in [6.45, 7) is 1.63. The molecule has 2 heterocycles. The molecule has 2 N–H and O–H groups in total. The molecule has 0 fully saturated rings. The summed E-state index contributed by atoms with van der Waals surface area (Å²) in [7, 11) is -5.91. The van der Waals surface area contributed by atoms with Gasteiger partial charge in [-0.1, -0.05) is 23.7 Å². The summed E-state index contributed by atoms with van der Waals surface area (Å²) in [5.41, 5.74) is 1.12. The first-order chi connectivity index (χ1) is 15.9. The van der Waals surface area contributed by atoms with E-state index in [4.69, 9.17) is 17.3 Å². The number of aryl methyl sites for hydroxylation is 1. The molecular formula is C20H15ClF3N5O4S. The number of primary amides is 1. The molecule has 0 spiro atoms. The van der Waals surface area contributed by atoms with E-state index in [-0.39, 0.29) is 23.5 Å². The van der Waals surface area contributed by atoms with Gasteiger partial charge in [-0.2, -0.15) is 21.6 Å². The number of benzene rings is 2. The van der Waals surface area contributed by atoms with Crippen LogP contribution in [0, 0.1) is 6.92 Å². The zero-order valence-corrected chi connectivity index (χ0v) is 18.8. The van der Waals surface area contributed by atoms with Crippen LogP contribution in [0.15, 0.2) is 47.5 Å². The summed E-state index contributed by atoms with van der Waals surface area (Å²) in [5, 5.41) is 8.55. The van der Waals surface area contributed by atoms with Crippen molar-refractivity contribution in [2.24, 2.45) is 10.7 Å². The number of nitrogens with two attached hydrogens (primary N) is 1. The number of aliphatic imine (C=N–C) groups is 1. The van der Waals surface area contributed by atoms with Crippen LogP contribution < -0.4 is 9.92 Å². The number of nitrogens with zero attached hydrogens (tertiary/aromatic N) is 4. The van der Waals surface area contributed by atoms with Gasteiger partial charge in [-0.15, -0.1) is 10.2 Å². The van der Waals surface area contributed by atoms with E-state index in [1.165, 1.54) is 6.07 Å². The second-order valence-corrected chi connectivity index (χ2v) is 9.25. The summed E-state index contributed by atoms with van der Waals surface area (Å²) in [4.78, 5) is 16.4. The first kappa shape index (κ1) is 23.7. The lowest BCUT2D eigenvalue weighted by molar-refractivity contribution is -0.118. The largest absolute Gasteiger partial charge is 0.534 e. The Bertz CT molecular complexity index is 1420. The van der Waals surface area contributed by atoms with E-state index < -0.39 is 33.3 Å². The van der Waals surface area contributed by atoms with Crippen LogP contribution in [-0.4, -0.2) is 40.3 Å². The highest BCUT2D eigenvalue weighted by Gasteiger charge is 2.48. The Kier molecular flexibility index (Phi) is 5.85. The predicted octanol–water partition coefficient (Wildman–Crippen LogP) is 3.23. The number of hydrogen-bond acceptors (Lipinski definition) is 7. The molecule has 14 heteroatoms. The molecule has 0 saturated carbocycles. The molecule has 1 unspecified atom stereocenters. The highest BCUT2D eigenvalue weighted by Crippen LogP contribution is 2.35. The van der Waals surface area contributed by atoms with Gasteiger partial charge in [-0.05, 0) is 37.3 Å². The maximum atomic E-state index is 12.9. The van der Waals surface area contributed by atoms with Gasteiger partial charge in [0.1, 0.15) is 17.6 Å². The molecule has 4 rings (SSSR count). The van der Waals surface area contributed by atoms with Crippen molar-refractivity contribution in [1.82, 2.24) is 14.8 Å². The van der Waals surface area contributed by atoms with Gasteiger partial charge >= 0.3 is 15.6 Å². The Balaban J connectivity index is 1.97. The molecule has 3 aromatic rings. The fraction of sp³-hybridized carbons (Fsp3) is 0.200. The van der Waals surface area contributed by atoms with Gasteiger partial charge in [0, 0.05) is 16.1 Å². The minimum absolute atomic E-state index is 0.216. The van der Waals surface area contributed by atoms with E-state index in [1.54, 1.807) is 35.8 Å². The molecule has 9 nitrogen and oxygen atoms in total. The fourth-order valence-electron chi connectivity index (χ4n) is 3.47. The molecule has 1 aliphatic rings. The topological polar surface area (TPSA) is 130 Å². The summed E-state index contributed by atoms with van der Waals surface area (Å²) in [6, 6.07) is 9.05. The Morgan fingerprint density at radius 1 is 1.18 bits per heavy atom. The lowest BCUT2D eigenvalue weighted by atomic mass is 10.00. The van der Waals surface area contributed by atoms with E-state index >= 15 is 0 Å². The molecule has 0 saturated heterocycles. The first-order valence-electron chi connectivity index (χ1n) is 9.57. The number of hydrogen-bond donors (Lipinski definition) is 1. The lowest BCUT2D eigenvalue weighted by Crippen LogP contribution is -2.28. The minimum Gasteiger partial charge on any atom is -0.376 e. The lowest BCUT2D eigenvalue weighted by Gasteiger charge is -2.15. The van der Waals surface area contributed by atoms with Crippen LogP contribution >= 0.6 is 11.6 Å². The van der Waals surface area contributed by atoms with E-state index in [0.717, 1.165) is 12.1 Å². The third kappa shape index (κ3) is 4.35. The maximum absolute atomic E-state index is 12.9. The minimum atomic E-state index is -5.91. The second-order valence-electron chi connectivity index (χ2n) is 7.27. The van der Waals surface area contributed by atoms with Crippen LogP contribution in [0.25, 0.3) is 5.69 Å². The highest BCUT2D eigenvalue weighted by molar-refractivity contribution is 7.88. The summed E-state index contributed by atoms with van der Waals surface area (Å²) in [6.07, 6.45) is -0.227. The van der Waals surface area contributed by atoms with Crippen LogP contribution in [0.5, 0.6) is 5.75 Å². The van der Waals surface area contributed by atoms with Gasteiger partial charge in [0.2, 0.25) is 5.91 Å². The molecule has 1 aromatic heterocycles. The molecule has 178 valence electrons. The first-order valence-corrected chi connectivity index (χ1v) is 11.4. The number of halogens is 4. The predicted molar refractivity (Wildman–Crippen MR) is 115 cm³/mol. The van der Waals surface area contributed by atoms with E-state index in [9.17, 15) is 26.4 Å². The summed E-state index contributed by atoms with van der Waals surface area (Å²) < 4.78 is 67.6. The Hall–Kier alpha value is -3.45. The van der Waals surface area contributed by atoms with Gasteiger partial charge in [0.05, 0.1) is 17.8 Å². The quantitative estimate of drug-likeness (QED) is 0.412. The Labute approximate surface area is 196 Å². The van der Waals surface area contributed by atoms with Gasteiger partial charge in [0.15, 0.2) is 5.82 Å². The molecular weight excluding hydrogens is 499 g/mol. The number of carbonyl (C=O) groups is 1. The molecule has 0 radical (unpaired) electrons. The van der Waals surface area contributed by atoms with Crippen LogP contribution in [0.1, 0.15) is 35.2 Å². The van der Waals surface area contributed by atoms with E-state index in [0.29, 0.717) is 22.1 Å². The van der Waals surface area contributed by atoms with Crippen molar-refractivity contribution in [3.05, 3.63) is 70.3 Å². The van der Waals surface area contributed by atoms with Crippen LogP contribution in [0.4, 0.5) is 13.2 Å². The standard InChI is InChI=1S/C20H15ClF3N5O4S/c1-10-27-28-19-15(9-17(25)30)26-18(11-2-4-12(21)5-3-11)14-8-13(6-7-16(14)29(10)19)33-34(31,32)20(22,23)24/h2-8,15H,9H2,1H3,(H2,25,30). The molecule has 1 amide bonds. The molecule has 0 bridgehead atoms. The number of fused-ring (bicyclic) bond motifs is 3. The summed E-state index contributed by atoms with van der Waals surface area (Å²) in [5.74, 6) is -0.575. The average molecular weight is 514 g/mol. The zero-order valence-electron chi connectivity index (χ0n) is 17.2. The van der Waals surface area contributed by atoms with E-state index in [2.05, 4.69) is 19.4 Å². The van der Waals surface area contributed by atoms with Crippen LogP contribution in [0.3, 0.4) is 0 Å². The van der Waals surface area contributed by atoms with Gasteiger partial charge in [0.25, 0.3) is 0 Å². The van der Waals surface area contributed by atoms with Crippen molar-refractivity contribution >= 4 is 33.3 Å². The zero-order chi connectivity index (χ0) is 24.8. The van der Waals surface area contributed by atoms with Crippen molar-refractivity contribution in [2.75, 3.05) is 0 Å². The molecule has 34 heavy (non-hydrogen) atoms. The van der Waals surface area contributed by atoms with Crippen molar-refractivity contribution < 1.29 is 30.6 Å². The smallest absolute Gasteiger partial charge is 0.376 e. The van der Waals surface area contributed by atoms with Crippen LogP contribution in [0.2, 0.25) is 5.02 Å². The average Bonchev–Trinajstić information content (AvgIpc) is 3.05. The number of carbonyl (C=O) groups excluding carboxylic acids is 1. The monoisotopic (exact) mass is 513 g/mol. The van der Waals surface area contributed by atoms with Gasteiger partial charge < -0.3 is 9.92 Å². The molecule has 0 aliphatic carbocycles.